The van der Waals surface area contributed by atoms with E-state index in [4.69, 9.17) is 5.73 Å². The van der Waals surface area contributed by atoms with E-state index in [2.05, 4.69) is 0 Å². The van der Waals surface area contributed by atoms with Crippen molar-refractivity contribution in [3.63, 3.8) is 0 Å². The summed E-state index contributed by atoms with van der Waals surface area (Å²) in [5.74, 6) is -0.409. The molecular weight excluding hydrogens is 210 g/mol. The summed E-state index contributed by atoms with van der Waals surface area (Å²) < 4.78 is 0. The fraction of sp³-hybridized carbons (Fsp3) is 0.800. The molecule has 0 aromatic carbocycles. The van der Waals surface area contributed by atoms with Crippen LogP contribution >= 0.6 is 0 Å². The van der Waals surface area contributed by atoms with Crippen molar-refractivity contribution >= 4 is 11.9 Å². The Kier molecular flexibility index (Phi) is 5.21. The summed E-state index contributed by atoms with van der Waals surface area (Å²) in [6.07, 6.45) is 4.09. The quantitative estimate of drug-likeness (QED) is 0.603. The molecule has 1 unspecified atom stereocenters. The molecule has 0 bridgehead atoms. The van der Waals surface area contributed by atoms with Crippen molar-refractivity contribution in [1.82, 2.24) is 10.2 Å². The van der Waals surface area contributed by atoms with E-state index < -0.39 is 11.9 Å². The van der Waals surface area contributed by atoms with Gasteiger partial charge in [0, 0.05) is 6.04 Å². The van der Waals surface area contributed by atoms with Crippen molar-refractivity contribution < 1.29 is 14.7 Å². The summed E-state index contributed by atoms with van der Waals surface area (Å²) in [6.45, 7) is 0.940. The van der Waals surface area contributed by atoms with Gasteiger partial charge in [-0.1, -0.05) is 12.8 Å². The lowest BCUT2D eigenvalue weighted by atomic mass is 10.1. The summed E-state index contributed by atoms with van der Waals surface area (Å²) in [4.78, 5) is 23.8. The normalized spacial score (nSPS) is 22.4. The van der Waals surface area contributed by atoms with Crippen molar-refractivity contribution in [2.24, 2.45) is 5.73 Å². The van der Waals surface area contributed by atoms with E-state index >= 15 is 0 Å². The SMILES string of the molecule is NC(=O)NC(=O)CN1CCCCCC1CO. The van der Waals surface area contributed by atoms with Crippen molar-refractivity contribution in [1.29, 1.82) is 0 Å². The van der Waals surface area contributed by atoms with Gasteiger partial charge in [0.05, 0.1) is 13.2 Å². The molecule has 0 aromatic rings. The largest absolute Gasteiger partial charge is 0.395 e. The number of aliphatic hydroxyl groups excluding tert-OH is 1. The van der Waals surface area contributed by atoms with E-state index in [0.29, 0.717) is 0 Å². The van der Waals surface area contributed by atoms with Crippen molar-refractivity contribution in [3.8, 4) is 0 Å². The lowest BCUT2D eigenvalue weighted by Crippen LogP contribution is -2.46. The number of carbonyl (C=O) groups is 2. The number of nitrogens with one attached hydrogen (secondary N) is 1. The first-order valence-electron chi connectivity index (χ1n) is 5.57. The van der Waals surface area contributed by atoms with Gasteiger partial charge < -0.3 is 10.8 Å². The van der Waals surface area contributed by atoms with Gasteiger partial charge in [0.2, 0.25) is 5.91 Å². The summed E-state index contributed by atoms with van der Waals surface area (Å²) in [5.41, 5.74) is 4.86. The molecule has 0 aromatic heterocycles. The first-order valence-corrected chi connectivity index (χ1v) is 5.57. The van der Waals surface area contributed by atoms with Gasteiger partial charge in [-0.05, 0) is 19.4 Å². The number of hydrogen-bond acceptors (Lipinski definition) is 4. The second-order valence-corrected chi connectivity index (χ2v) is 4.07. The fourth-order valence-electron chi connectivity index (χ4n) is 2.01. The number of aliphatic hydroxyl groups is 1. The molecular formula is C10H19N3O3. The summed E-state index contributed by atoms with van der Waals surface area (Å²) in [7, 11) is 0. The number of imide groups is 1. The van der Waals surface area contributed by atoms with E-state index in [1.165, 1.54) is 0 Å². The van der Waals surface area contributed by atoms with Crippen molar-refractivity contribution in [2.75, 3.05) is 19.7 Å². The van der Waals surface area contributed by atoms with E-state index in [1.807, 2.05) is 10.2 Å². The average molecular weight is 229 g/mol. The zero-order chi connectivity index (χ0) is 12.0. The zero-order valence-corrected chi connectivity index (χ0v) is 9.32. The van der Waals surface area contributed by atoms with Crippen LogP contribution in [0.4, 0.5) is 4.79 Å². The Labute approximate surface area is 94.8 Å². The Morgan fingerprint density at radius 1 is 1.38 bits per heavy atom. The Morgan fingerprint density at radius 3 is 2.75 bits per heavy atom. The molecule has 1 rings (SSSR count). The Morgan fingerprint density at radius 2 is 2.12 bits per heavy atom. The molecule has 0 saturated carbocycles. The standard InChI is InChI=1S/C10H19N3O3/c11-10(16)12-9(15)6-13-5-3-1-2-4-8(13)7-14/h8,14H,1-7H2,(H3,11,12,15,16). The Hall–Kier alpha value is -1.14. The predicted molar refractivity (Wildman–Crippen MR) is 58.6 cm³/mol. The van der Waals surface area contributed by atoms with E-state index in [1.54, 1.807) is 0 Å². The molecule has 0 spiro atoms. The van der Waals surface area contributed by atoms with Crippen LogP contribution < -0.4 is 11.1 Å². The Balaban J connectivity index is 2.47. The highest BCUT2D eigenvalue weighted by Gasteiger charge is 2.22. The van der Waals surface area contributed by atoms with E-state index in [9.17, 15) is 14.7 Å². The monoisotopic (exact) mass is 229 g/mol. The molecule has 16 heavy (non-hydrogen) atoms. The van der Waals surface area contributed by atoms with Gasteiger partial charge in [-0.2, -0.15) is 0 Å². The number of hydrogen-bond donors (Lipinski definition) is 3. The van der Waals surface area contributed by atoms with E-state index in [-0.39, 0.29) is 19.2 Å². The maximum absolute atomic E-state index is 11.4. The number of rotatable bonds is 3. The smallest absolute Gasteiger partial charge is 0.318 e. The number of carbonyl (C=O) groups excluding carboxylic acids is 2. The predicted octanol–water partition coefficient (Wildman–Crippen LogP) is -0.582. The van der Waals surface area contributed by atoms with Crippen LogP contribution in [0.1, 0.15) is 25.7 Å². The first kappa shape index (κ1) is 12.9. The van der Waals surface area contributed by atoms with Crippen LogP contribution in [0.15, 0.2) is 0 Å². The second kappa shape index (κ2) is 6.44. The molecule has 0 aliphatic carbocycles. The average Bonchev–Trinajstić information content (AvgIpc) is 2.41. The van der Waals surface area contributed by atoms with Gasteiger partial charge >= 0.3 is 6.03 Å². The third kappa shape index (κ3) is 4.16. The number of primary amides is 1. The minimum absolute atomic E-state index is 0.0149. The molecule has 6 heteroatoms. The van der Waals surface area contributed by atoms with Gasteiger partial charge in [0.1, 0.15) is 0 Å². The van der Waals surface area contributed by atoms with Gasteiger partial charge in [0.15, 0.2) is 0 Å². The maximum Gasteiger partial charge on any atom is 0.318 e. The third-order valence-electron chi connectivity index (χ3n) is 2.82. The molecule has 92 valence electrons. The molecule has 3 amide bonds. The van der Waals surface area contributed by atoms with Crippen LogP contribution in [-0.4, -0.2) is 47.7 Å². The molecule has 1 saturated heterocycles. The summed E-state index contributed by atoms with van der Waals surface area (Å²) >= 11 is 0. The molecule has 1 aliphatic heterocycles. The van der Waals surface area contributed by atoms with Crippen LogP contribution in [-0.2, 0) is 4.79 Å². The van der Waals surface area contributed by atoms with Crippen LogP contribution in [0.3, 0.4) is 0 Å². The molecule has 1 heterocycles. The van der Waals surface area contributed by atoms with Gasteiger partial charge in [-0.3, -0.25) is 15.0 Å². The van der Waals surface area contributed by atoms with Crippen LogP contribution in [0, 0.1) is 0 Å². The second-order valence-electron chi connectivity index (χ2n) is 4.07. The molecule has 4 N–H and O–H groups in total. The van der Waals surface area contributed by atoms with Crippen LogP contribution in [0.25, 0.3) is 0 Å². The highest BCUT2D eigenvalue weighted by atomic mass is 16.3. The number of nitrogens with two attached hydrogens (primary N) is 1. The molecule has 0 radical (unpaired) electrons. The molecule has 6 nitrogen and oxygen atoms in total. The highest BCUT2D eigenvalue weighted by Crippen LogP contribution is 2.15. The molecule has 1 fully saturated rings. The van der Waals surface area contributed by atoms with Gasteiger partial charge in [0.25, 0.3) is 0 Å². The molecule has 1 atom stereocenters. The van der Waals surface area contributed by atoms with E-state index in [0.717, 1.165) is 32.2 Å². The van der Waals surface area contributed by atoms with Crippen LogP contribution in [0.2, 0.25) is 0 Å². The first-order chi connectivity index (χ1) is 7.63. The summed E-state index contributed by atoms with van der Waals surface area (Å²) in [5, 5.41) is 11.2. The lowest BCUT2D eigenvalue weighted by Gasteiger charge is -2.27. The maximum atomic E-state index is 11.4. The number of urea groups is 1. The van der Waals surface area contributed by atoms with Crippen molar-refractivity contribution in [3.05, 3.63) is 0 Å². The van der Waals surface area contributed by atoms with Gasteiger partial charge in [-0.15, -0.1) is 0 Å². The topological polar surface area (TPSA) is 95.7 Å². The number of likely N-dealkylation sites (tertiary alicyclic amines) is 1. The minimum atomic E-state index is -0.833. The fourth-order valence-corrected chi connectivity index (χ4v) is 2.01. The number of nitrogens with zero attached hydrogens (tertiary/aromatic N) is 1. The van der Waals surface area contributed by atoms with Gasteiger partial charge in [-0.25, -0.2) is 4.79 Å². The number of amides is 3. The summed E-state index contributed by atoms with van der Waals surface area (Å²) in [6, 6.07) is -0.818. The Bertz CT molecular complexity index is 258. The minimum Gasteiger partial charge on any atom is -0.395 e. The zero-order valence-electron chi connectivity index (χ0n) is 9.32. The van der Waals surface area contributed by atoms with Crippen molar-refractivity contribution in [2.45, 2.75) is 31.7 Å². The highest BCUT2D eigenvalue weighted by molar-refractivity contribution is 5.94. The lowest BCUT2D eigenvalue weighted by molar-refractivity contribution is -0.121. The molecule has 1 aliphatic rings. The third-order valence-corrected chi connectivity index (χ3v) is 2.82. The van der Waals surface area contributed by atoms with Crippen LogP contribution in [0.5, 0.6) is 0 Å².